The topological polar surface area (TPSA) is 92.6 Å². The summed E-state index contributed by atoms with van der Waals surface area (Å²) < 4.78 is 13.3. The van der Waals surface area contributed by atoms with Gasteiger partial charge in [0.15, 0.2) is 0 Å². The summed E-state index contributed by atoms with van der Waals surface area (Å²) in [4.78, 5) is 20.3. The first-order valence-corrected chi connectivity index (χ1v) is 9.02. The van der Waals surface area contributed by atoms with E-state index in [2.05, 4.69) is 10.3 Å². The zero-order valence-corrected chi connectivity index (χ0v) is 15.1. The second kappa shape index (κ2) is 7.30. The molecule has 0 radical (unpaired) electrons. The largest absolute Gasteiger partial charge is 0.508 e. The number of halogens is 1. The van der Waals surface area contributed by atoms with Crippen molar-refractivity contribution in [1.82, 2.24) is 4.98 Å². The third-order valence-corrected chi connectivity index (χ3v) is 4.84. The smallest absolute Gasteiger partial charge is 0.262 e. The van der Waals surface area contributed by atoms with Gasteiger partial charge in [0.05, 0.1) is 36.3 Å². The summed E-state index contributed by atoms with van der Waals surface area (Å²) in [6.07, 6.45) is 2.83. The van der Waals surface area contributed by atoms with Crippen molar-refractivity contribution >= 4 is 28.8 Å². The number of hydrogen-bond donors (Lipinski definition) is 3. The van der Waals surface area contributed by atoms with Crippen molar-refractivity contribution in [2.45, 2.75) is 12.6 Å². The summed E-state index contributed by atoms with van der Waals surface area (Å²) >= 11 is 0. The first kappa shape index (κ1) is 18.0. The Hall–Kier alpha value is -3.42. The maximum Gasteiger partial charge on any atom is 0.262 e. The Labute approximate surface area is 161 Å². The molecule has 2 saturated heterocycles. The lowest BCUT2D eigenvalue weighted by atomic mass is 10.2. The van der Waals surface area contributed by atoms with E-state index >= 15 is 0 Å². The molecular formula is C20H20FN5O2. The molecule has 0 unspecified atom stereocenters. The van der Waals surface area contributed by atoms with Crippen LogP contribution >= 0.6 is 0 Å². The number of hydrogen-bond acceptors (Lipinski definition) is 6. The second-order valence-corrected chi connectivity index (χ2v) is 6.83. The number of rotatable bonds is 4. The van der Waals surface area contributed by atoms with Gasteiger partial charge in [-0.05, 0) is 30.7 Å². The van der Waals surface area contributed by atoms with Crippen LogP contribution in [0.2, 0.25) is 0 Å². The number of benzene rings is 1. The van der Waals surface area contributed by atoms with Gasteiger partial charge >= 0.3 is 0 Å². The van der Waals surface area contributed by atoms with Crippen molar-refractivity contribution in [2.75, 3.05) is 34.8 Å². The molecule has 3 heterocycles. The van der Waals surface area contributed by atoms with Crippen LogP contribution in [0.1, 0.15) is 6.42 Å². The lowest BCUT2D eigenvalue weighted by Gasteiger charge is -2.16. The highest BCUT2D eigenvalue weighted by Gasteiger charge is 2.32. The maximum absolute atomic E-state index is 13.3. The van der Waals surface area contributed by atoms with Crippen LogP contribution in [-0.4, -0.2) is 47.5 Å². The van der Waals surface area contributed by atoms with Crippen molar-refractivity contribution in [3.05, 3.63) is 54.4 Å². The van der Waals surface area contributed by atoms with E-state index in [-0.39, 0.29) is 29.5 Å². The van der Waals surface area contributed by atoms with E-state index in [9.17, 15) is 14.3 Å². The number of phenols is 1. The molecule has 2 aromatic rings. The van der Waals surface area contributed by atoms with Crippen molar-refractivity contribution < 1.29 is 14.3 Å². The summed E-state index contributed by atoms with van der Waals surface area (Å²) in [6.45, 7) is 1.16. The minimum atomic E-state index is -0.807. The summed E-state index contributed by atoms with van der Waals surface area (Å²) in [6, 6.07) is 10.00. The van der Waals surface area contributed by atoms with Crippen LogP contribution in [0.25, 0.3) is 0 Å². The van der Waals surface area contributed by atoms with Gasteiger partial charge < -0.3 is 25.6 Å². The van der Waals surface area contributed by atoms with Gasteiger partial charge in [-0.15, -0.1) is 0 Å². The predicted molar refractivity (Wildman–Crippen MR) is 106 cm³/mol. The Kier molecular flexibility index (Phi) is 4.68. The molecular weight excluding hydrogens is 361 g/mol. The molecule has 28 heavy (non-hydrogen) atoms. The van der Waals surface area contributed by atoms with Crippen molar-refractivity contribution in [1.29, 1.82) is 5.41 Å². The predicted octanol–water partition coefficient (Wildman–Crippen LogP) is 2.70. The van der Waals surface area contributed by atoms with Crippen LogP contribution in [0, 0.1) is 5.41 Å². The highest BCUT2D eigenvalue weighted by Crippen LogP contribution is 2.26. The fourth-order valence-electron chi connectivity index (χ4n) is 3.35. The molecule has 0 saturated carbocycles. The number of carbonyl (C=O) groups excluding carboxylic acids is 1. The zero-order valence-electron chi connectivity index (χ0n) is 15.1. The van der Waals surface area contributed by atoms with Gasteiger partial charge in [-0.25, -0.2) is 9.37 Å². The minimum absolute atomic E-state index is 0.0654. The molecule has 1 aromatic heterocycles. The fourth-order valence-corrected chi connectivity index (χ4v) is 3.35. The number of carbonyl (C=O) groups is 1. The highest BCUT2D eigenvalue weighted by molar-refractivity contribution is 6.32. The first-order valence-electron chi connectivity index (χ1n) is 9.02. The average Bonchev–Trinajstić information content (AvgIpc) is 3.24. The van der Waals surface area contributed by atoms with E-state index in [1.165, 1.54) is 23.2 Å². The van der Waals surface area contributed by atoms with E-state index in [4.69, 9.17) is 5.41 Å². The molecule has 2 aliphatic rings. The van der Waals surface area contributed by atoms with Crippen LogP contribution in [-0.2, 0) is 4.79 Å². The van der Waals surface area contributed by atoms with Crippen LogP contribution in [0.5, 0.6) is 5.75 Å². The summed E-state index contributed by atoms with van der Waals surface area (Å²) in [5.74, 6) is 0.479. The zero-order chi connectivity index (χ0) is 19.7. The molecule has 4 rings (SSSR count). The number of aromatic hydroxyl groups is 1. The van der Waals surface area contributed by atoms with Gasteiger partial charge in [-0.1, -0.05) is 6.07 Å². The van der Waals surface area contributed by atoms with Gasteiger partial charge in [0.2, 0.25) is 0 Å². The molecule has 1 amide bonds. The van der Waals surface area contributed by atoms with Crippen LogP contribution < -0.4 is 15.1 Å². The van der Waals surface area contributed by atoms with Crippen LogP contribution in [0.4, 0.5) is 21.6 Å². The SMILES string of the molecule is N=C1CN(c2cccc(O)c2)C(=O)/C1=C/Nc1ccc(N2CC[C@H](F)C2)nc1. The average molecular weight is 381 g/mol. The second-order valence-electron chi connectivity index (χ2n) is 6.83. The Morgan fingerprint density at radius 2 is 2.18 bits per heavy atom. The molecule has 2 aliphatic heterocycles. The van der Waals surface area contributed by atoms with E-state index in [0.717, 1.165) is 5.82 Å². The summed E-state index contributed by atoms with van der Waals surface area (Å²) in [5.41, 5.74) is 1.66. The van der Waals surface area contributed by atoms with E-state index in [1.54, 1.807) is 30.5 Å². The fraction of sp³-hybridized carbons (Fsp3) is 0.250. The molecule has 0 bridgehead atoms. The molecule has 3 N–H and O–H groups in total. The quantitative estimate of drug-likeness (QED) is 0.708. The number of amides is 1. The van der Waals surface area contributed by atoms with Gasteiger partial charge in [-0.3, -0.25) is 4.79 Å². The van der Waals surface area contributed by atoms with Gasteiger partial charge in [0.1, 0.15) is 17.7 Å². The summed E-state index contributed by atoms with van der Waals surface area (Å²) in [5, 5.41) is 20.7. The third-order valence-electron chi connectivity index (χ3n) is 4.84. The Morgan fingerprint density at radius 1 is 1.32 bits per heavy atom. The minimum Gasteiger partial charge on any atom is -0.508 e. The van der Waals surface area contributed by atoms with Crippen molar-refractivity contribution in [3.8, 4) is 5.75 Å². The van der Waals surface area contributed by atoms with E-state index in [0.29, 0.717) is 30.9 Å². The Bertz CT molecular complexity index is 944. The molecule has 7 nitrogen and oxygen atoms in total. The number of aromatic nitrogens is 1. The number of alkyl halides is 1. The lowest BCUT2D eigenvalue weighted by molar-refractivity contribution is -0.114. The van der Waals surface area contributed by atoms with Crippen LogP contribution in [0.3, 0.4) is 0 Å². The number of nitrogens with zero attached hydrogens (tertiary/aromatic N) is 3. The number of pyridine rings is 1. The highest BCUT2D eigenvalue weighted by atomic mass is 19.1. The standard InChI is InChI=1S/C20H20FN5O2/c21-13-6-7-25(11-13)19-5-4-14(9-24-19)23-10-17-18(22)12-26(20(17)28)15-2-1-3-16(27)8-15/h1-5,8-10,13,22-23,27H,6-7,11-12H2/b17-10+,22-18?/t13-/m0/s1. The van der Waals surface area contributed by atoms with Crippen molar-refractivity contribution in [3.63, 3.8) is 0 Å². The summed E-state index contributed by atoms with van der Waals surface area (Å²) in [7, 11) is 0. The lowest BCUT2D eigenvalue weighted by Crippen LogP contribution is -2.24. The van der Waals surface area contributed by atoms with Crippen LogP contribution in [0.15, 0.2) is 54.4 Å². The van der Waals surface area contributed by atoms with Gasteiger partial charge in [0, 0.05) is 24.5 Å². The molecule has 144 valence electrons. The molecule has 0 aliphatic carbocycles. The van der Waals surface area contributed by atoms with E-state index in [1.807, 2.05) is 4.90 Å². The van der Waals surface area contributed by atoms with Gasteiger partial charge in [0.25, 0.3) is 5.91 Å². The molecule has 0 spiro atoms. The monoisotopic (exact) mass is 381 g/mol. The maximum atomic E-state index is 13.3. The number of anilines is 3. The first-order chi connectivity index (χ1) is 13.5. The normalized spacial score (nSPS) is 21.0. The third kappa shape index (κ3) is 3.53. The Balaban J connectivity index is 1.45. The molecule has 1 aromatic carbocycles. The number of phenolic OH excluding ortho intramolecular Hbond substituents is 1. The number of nitrogens with one attached hydrogen (secondary N) is 2. The molecule has 1 atom stereocenters. The molecule has 8 heteroatoms. The Morgan fingerprint density at radius 3 is 2.86 bits per heavy atom. The van der Waals surface area contributed by atoms with E-state index < -0.39 is 6.17 Å². The van der Waals surface area contributed by atoms with Gasteiger partial charge in [-0.2, -0.15) is 0 Å². The molecule has 2 fully saturated rings. The van der Waals surface area contributed by atoms with Crippen molar-refractivity contribution in [2.24, 2.45) is 0 Å².